The number of hydrogen-bond acceptors (Lipinski definition) is 6. The van der Waals surface area contributed by atoms with Crippen LogP contribution < -0.4 is 14.5 Å². The van der Waals surface area contributed by atoms with Crippen molar-refractivity contribution in [2.24, 2.45) is 5.10 Å². The molecule has 3 aromatic carbocycles. The van der Waals surface area contributed by atoms with Crippen LogP contribution in [0.15, 0.2) is 76.7 Å². The molecule has 0 aliphatic rings. The molecule has 0 atom stereocenters. The third kappa shape index (κ3) is 5.75. The van der Waals surface area contributed by atoms with Crippen molar-refractivity contribution in [3.05, 3.63) is 82.3 Å². The number of phenols is 1. The van der Waals surface area contributed by atoms with Crippen LogP contribution in [0, 0.1) is 0 Å². The van der Waals surface area contributed by atoms with Crippen molar-refractivity contribution in [3.63, 3.8) is 0 Å². The van der Waals surface area contributed by atoms with Gasteiger partial charge in [0.05, 0.1) is 34.0 Å². The van der Waals surface area contributed by atoms with Gasteiger partial charge in [0.2, 0.25) is 0 Å². The highest BCUT2D eigenvalue weighted by molar-refractivity contribution is 7.92. The highest BCUT2D eigenvalue weighted by atomic mass is 35.5. The van der Waals surface area contributed by atoms with E-state index in [4.69, 9.17) is 27.9 Å². The Hall–Kier alpha value is -3.27. The number of methoxy groups -OCH3 is 1. The second-order valence-electron chi connectivity index (χ2n) is 6.62. The monoisotopic (exact) mass is 507 g/mol. The number of amides is 1. The molecule has 0 aromatic heterocycles. The van der Waals surface area contributed by atoms with Crippen molar-refractivity contribution in [2.75, 3.05) is 18.0 Å². The smallest absolute Gasteiger partial charge is 0.264 e. The second kappa shape index (κ2) is 10.6. The number of hydrogen-bond donors (Lipinski definition) is 2. The lowest BCUT2D eigenvalue weighted by molar-refractivity contribution is -0.119. The Labute approximate surface area is 201 Å². The van der Waals surface area contributed by atoms with E-state index in [1.165, 1.54) is 55.8 Å². The Kier molecular flexibility index (Phi) is 7.80. The summed E-state index contributed by atoms with van der Waals surface area (Å²) in [5.74, 6) is -0.521. The fourth-order valence-corrected chi connectivity index (χ4v) is 4.73. The van der Waals surface area contributed by atoms with Gasteiger partial charge in [0.25, 0.3) is 15.9 Å². The van der Waals surface area contributed by atoms with E-state index in [0.717, 1.165) is 4.31 Å². The van der Waals surface area contributed by atoms with Crippen LogP contribution in [-0.4, -0.2) is 39.3 Å². The molecule has 11 heteroatoms. The molecule has 0 aliphatic carbocycles. The maximum atomic E-state index is 13.3. The van der Waals surface area contributed by atoms with Crippen molar-refractivity contribution in [1.82, 2.24) is 5.43 Å². The molecule has 0 saturated carbocycles. The predicted octanol–water partition coefficient (Wildman–Crippen LogP) is 4.05. The van der Waals surface area contributed by atoms with Crippen molar-refractivity contribution in [2.45, 2.75) is 4.90 Å². The Balaban J connectivity index is 1.86. The first-order chi connectivity index (χ1) is 15.7. The lowest BCUT2D eigenvalue weighted by atomic mass is 10.2. The van der Waals surface area contributed by atoms with E-state index in [-0.39, 0.29) is 32.1 Å². The van der Waals surface area contributed by atoms with Gasteiger partial charge in [-0.25, -0.2) is 13.8 Å². The highest BCUT2D eigenvalue weighted by Gasteiger charge is 2.29. The Bertz CT molecular complexity index is 1280. The van der Waals surface area contributed by atoms with Crippen molar-refractivity contribution in [1.29, 1.82) is 0 Å². The molecule has 0 aliphatic heterocycles. The number of aromatic hydroxyl groups is 1. The highest BCUT2D eigenvalue weighted by Crippen LogP contribution is 2.35. The molecule has 1 amide bonds. The van der Waals surface area contributed by atoms with Crippen LogP contribution in [0.5, 0.6) is 11.5 Å². The number of ether oxygens (including phenoxy) is 1. The molecule has 2 N–H and O–H groups in total. The van der Waals surface area contributed by atoms with Crippen molar-refractivity contribution in [3.8, 4) is 11.5 Å². The Morgan fingerprint density at radius 3 is 2.55 bits per heavy atom. The molecule has 0 heterocycles. The molecular weight excluding hydrogens is 489 g/mol. The number of benzene rings is 3. The minimum atomic E-state index is -4.15. The summed E-state index contributed by atoms with van der Waals surface area (Å²) in [5.41, 5.74) is 2.88. The summed E-state index contributed by atoms with van der Waals surface area (Å²) < 4.78 is 32.5. The maximum absolute atomic E-state index is 13.3. The van der Waals surface area contributed by atoms with Gasteiger partial charge in [-0.1, -0.05) is 47.5 Å². The van der Waals surface area contributed by atoms with Gasteiger partial charge in [-0.2, -0.15) is 5.10 Å². The number of anilines is 1. The van der Waals surface area contributed by atoms with E-state index in [9.17, 15) is 18.3 Å². The average molecular weight is 508 g/mol. The summed E-state index contributed by atoms with van der Waals surface area (Å²) in [5, 5.41) is 13.6. The summed E-state index contributed by atoms with van der Waals surface area (Å²) in [6.45, 7) is -0.604. The third-order valence-electron chi connectivity index (χ3n) is 4.42. The number of rotatable bonds is 8. The fraction of sp³-hybridized carbons (Fsp3) is 0.0909. The molecular formula is C22H19Cl2N3O5S. The number of nitrogens with one attached hydrogen (secondary N) is 1. The molecule has 0 radical (unpaired) electrons. The molecule has 0 saturated heterocycles. The first kappa shape index (κ1) is 24.4. The standard InChI is InChI=1S/C22H19Cl2N3O5S/c1-32-20-12-15(10-11-19(20)28)13-25-26-21(29)14-27(18-9-5-8-17(23)22(18)24)33(30,31)16-6-3-2-4-7-16/h2-13,28H,14H2,1H3,(H,26,29)/b25-13+. The average Bonchev–Trinajstić information content (AvgIpc) is 2.81. The number of sulfonamides is 1. The summed E-state index contributed by atoms with van der Waals surface area (Å²) >= 11 is 12.3. The van der Waals surface area contributed by atoms with Crippen molar-refractivity contribution < 1.29 is 23.1 Å². The van der Waals surface area contributed by atoms with Gasteiger partial charge in [0.15, 0.2) is 11.5 Å². The lowest BCUT2D eigenvalue weighted by Crippen LogP contribution is -2.39. The number of carbonyl (C=O) groups excluding carboxylic acids is 1. The van der Waals surface area contributed by atoms with E-state index in [1.807, 2.05) is 0 Å². The van der Waals surface area contributed by atoms with Crippen LogP contribution in [0.3, 0.4) is 0 Å². The van der Waals surface area contributed by atoms with E-state index in [1.54, 1.807) is 24.3 Å². The first-order valence-corrected chi connectivity index (χ1v) is 11.6. The van der Waals surface area contributed by atoms with Crippen molar-refractivity contribution >= 4 is 51.0 Å². The quantitative estimate of drug-likeness (QED) is 0.353. The van der Waals surface area contributed by atoms with Gasteiger partial charge >= 0.3 is 0 Å². The SMILES string of the molecule is COc1cc(/C=N/NC(=O)CN(c2cccc(Cl)c2Cl)S(=O)(=O)c2ccccc2)ccc1O. The number of carbonyl (C=O) groups is 1. The normalized spacial score (nSPS) is 11.4. The van der Waals surface area contributed by atoms with Gasteiger partial charge in [0, 0.05) is 0 Å². The minimum absolute atomic E-state index is 0.00818. The molecule has 3 rings (SSSR count). The second-order valence-corrected chi connectivity index (χ2v) is 9.27. The van der Waals surface area contributed by atoms with Crippen LogP contribution in [-0.2, 0) is 14.8 Å². The van der Waals surface area contributed by atoms with Gasteiger partial charge in [-0.3, -0.25) is 9.10 Å². The lowest BCUT2D eigenvalue weighted by Gasteiger charge is -2.24. The number of phenolic OH excluding ortho intramolecular Hbond substituents is 1. The minimum Gasteiger partial charge on any atom is -0.504 e. The van der Waals surface area contributed by atoms with E-state index in [0.29, 0.717) is 5.56 Å². The molecule has 0 bridgehead atoms. The predicted molar refractivity (Wildman–Crippen MR) is 128 cm³/mol. The third-order valence-corrected chi connectivity index (χ3v) is 7.01. The molecule has 0 fully saturated rings. The molecule has 3 aromatic rings. The zero-order valence-corrected chi connectivity index (χ0v) is 19.6. The number of halogens is 2. The number of hydrazone groups is 1. The van der Waals surface area contributed by atoms with E-state index in [2.05, 4.69) is 10.5 Å². The molecule has 33 heavy (non-hydrogen) atoms. The molecule has 0 spiro atoms. The molecule has 0 unspecified atom stereocenters. The largest absolute Gasteiger partial charge is 0.504 e. The molecule has 8 nitrogen and oxygen atoms in total. The van der Waals surface area contributed by atoms with Crippen LogP contribution >= 0.6 is 23.2 Å². The summed E-state index contributed by atoms with van der Waals surface area (Å²) in [7, 11) is -2.74. The summed E-state index contributed by atoms with van der Waals surface area (Å²) in [6, 6.07) is 16.6. The first-order valence-electron chi connectivity index (χ1n) is 9.44. The zero-order valence-electron chi connectivity index (χ0n) is 17.3. The van der Waals surface area contributed by atoms with Gasteiger partial charge in [-0.15, -0.1) is 0 Å². The van der Waals surface area contributed by atoms with Gasteiger partial charge < -0.3 is 9.84 Å². The van der Waals surface area contributed by atoms with Crippen LogP contribution in [0.25, 0.3) is 0 Å². The van der Waals surface area contributed by atoms with Gasteiger partial charge in [-0.05, 0) is 48.0 Å². The zero-order chi connectivity index (χ0) is 24.0. The van der Waals surface area contributed by atoms with E-state index >= 15 is 0 Å². The molecule has 172 valence electrons. The topological polar surface area (TPSA) is 108 Å². The summed E-state index contributed by atoms with van der Waals surface area (Å²) in [4.78, 5) is 12.6. The maximum Gasteiger partial charge on any atom is 0.264 e. The van der Waals surface area contributed by atoms with Crippen LogP contribution in [0.2, 0.25) is 10.0 Å². The van der Waals surface area contributed by atoms with Crippen LogP contribution in [0.1, 0.15) is 5.56 Å². The Morgan fingerprint density at radius 2 is 1.85 bits per heavy atom. The fourth-order valence-electron chi connectivity index (χ4n) is 2.82. The number of nitrogens with zero attached hydrogens (tertiary/aromatic N) is 2. The Morgan fingerprint density at radius 1 is 1.12 bits per heavy atom. The van der Waals surface area contributed by atoms with Crippen LogP contribution in [0.4, 0.5) is 5.69 Å². The van der Waals surface area contributed by atoms with Gasteiger partial charge in [0.1, 0.15) is 6.54 Å². The van der Waals surface area contributed by atoms with E-state index < -0.39 is 22.5 Å². The summed E-state index contributed by atoms with van der Waals surface area (Å²) in [6.07, 6.45) is 1.32.